The van der Waals surface area contributed by atoms with Crippen molar-refractivity contribution in [2.75, 3.05) is 7.05 Å². The second-order valence-electron chi connectivity index (χ2n) is 4.86. The molecule has 2 aromatic heterocycles. The molecule has 1 atom stereocenters. The molecule has 0 fully saturated rings. The molecule has 2 heterocycles. The van der Waals surface area contributed by atoms with Gasteiger partial charge in [-0.1, -0.05) is 23.2 Å². The number of nitrogens with one attached hydrogen (secondary N) is 1. The molecular weight excluding hydrogens is 309 g/mol. The Labute approximate surface area is 134 Å². The van der Waals surface area contributed by atoms with Gasteiger partial charge in [-0.2, -0.15) is 0 Å². The largest absolute Gasteiger partial charge is 0.489 e. The molecule has 6 heteroatoms. The van der Waals surface area contributed by atoms with E-state index >= 15 is 0 Å². The van der Waals surface area contributed by atoms with Crippen LogP contribution in [0.2, 0.25) is 10.0 Å². The lowest BCUT2D eigenvalue weighted by Crippen LogP contribution is -2.20. The number of rotatable bonds is 5. The van der Waals surface area contributed by atoms with Gasteiger partial charge in [0.05, 0.1) is 34.1 Å². The van der Waals surface area contributed by atoms with Crippen molar-refractivity contribution >= 4 is 23.2 Å². The SMILES string of the molecule is CNC(c1cncc(OC(C)C)c1)c1ncc(Cl)cc1Cl. The van der Waals surface area contributed by atoms with Gasteiger partial charge in [-0.15, -0.1) is 0 Å². The Kier molecular flexibility index (Phi) is 5.39. The van der Waals surface area contributed by atoms with Crippen molar-refractivity contribution in [2.45, 2.75) is 26.0 Å². The van der Waals surface area contributed by atoms with Gasteiger partial charge < -0.3 is 10.1 Å². The van der Waals surface area contributed by atoms with Gasteiger partial charge in [0, 0.05) is 12.4 Å². The van der Waals surface area contributed by atoms with Gasteiger partial charge in [0.15, 0.2) is 0 Å². The topological polar surface area (TPSA) is 47.0 Å². The Bertz CT molecular complexity index is 620. The zero-order valence-electron chi connectivity index (χ0n) is 12.1. The molecule has 21 heavy (non-hydrogen) atoms. The van der Waals surface area contributed by atoms with Gasteiger partial charge in [-0.3, -0.25) is 9.97 Å². The third-order valence-electron chi connectivity index (χ3n) is 2.84. The highest BCUT2D eigenvalue weighted by molar-refractivity contribution is 6.34. The maximum atomic E-state index is 6.24. The average molecular weight is 326 g/mol. The summed E-state index contributed by atoms with van der Waals surface area (Å²) in [5.41, 5.74) is 1.62. The van der Waals surface area contributed by atoms with Gasteiger partial charge in [-0.05, 0) is 38.6 Å². The first-order chi connectivity index (χ1) is 10.0. The standard InChI is InChI=1S/C15H17Cl2N3O/c1-9(2)21-12-4-10(6-19-8-12)14(18-3)15-13(17)5-11(16)7-20-15/h4-9,14,18H,1-3H3. The summed E-state index contributed by atoms with van der Waals surface area (Å²) >= 11 is 12.1. The van der Waals surface area contributed by atoms with Crippen LogP contribution in [-0.2, 0) is 0 Å². The van der Waals surface area contributed by atoms with E-state index in [-0.39, 0.29) is 12.1 Å². The summed E-state index contributed by atoms with van der Waals surface area (Å²) in [6.45, 7) is 3.94. The van der Waals surface area contributed by atoms with E-state index in [1.807, 2.05) is 27.0 Å². The van der Waals surface area contributed by atoms with Gasteiger partial charge in [-0.25, -0.2) is 0 Å². The summed E-state index contributed by atoms with van der Waals surface area (Å²) in [6.07, 6.45) is 5.12. The number of nitrogens with zero attached hydrogens (tertiary/aromatic N) is 2. The minimum absolute atomic E-state index is 0.0901. The number of hydrogen-bond acceptors (Lipinski definition) is 4. The number of pyridine rings is 2. The van der Waals surface area contributed by atoms with Crippen LogP contribution in [0.25, 0.3) is 0 Å². The van der Waals surface area contributed by atoms with E-state index in [1.165, 1.54) is 0 Å². The van der Waals surface area contributed by atoms with Crippen LogP contribution >= 0.6 is 23.2 Å². The van der Waals surface area contributed by atoms with Gasteiger partial charge in [0.25, 0.3) is 0 Å². The summed E-state index contributed by atoms with van der Waals surface area (Å²) in [7, 11) is 1.84. The molecule has 0 saturated heterocycles. The first-order valence-corrected chi connectivity index (χ1v) is 7.36. The van der Waals surface area contributed by atoms with Crippen molar-refractivity contribution in [1.29, 1.82) is 0 Å². The Hall–Kier alpha value is -1.36. The van der Waals surface area contributed by atoms with E-state index in [4.69, 9.17) is 27.9 Å². The average Bonchev–Trinajstić information content (AvgIpc) is 2.41. The van der Waals surface area contributed by atoms with E-state index in [9.17, 15) is 0 Å². The van der Waals surface area contributed by atoms with Gasteiger partial charge in [0.1, 0.15) is 5.75 Å². The van der Waals surface area contributed by atoms with Gasteiger partial charge in [0.2, 0.25) is 0 Å². The molecule has 0 spiro atoms. The number of halogens is 2. The van der Waals surface area contributed by atoms with Crippen LogP contribution in [0.15, 0.2) is 30.7 Å². The lowest BCUT2D eigenvalue weighted by molar-refractivity contribution is 0.241. The third-order valence-corrected chi connectivity index (χ3v) is 3.35. The molecule has 2 rings (SSSR count). The fourth-order valence-corrected chi connectivity index (χ4v) is 2.52. The lowest BCUT2D eigenvalue weighted by atomic mass is 10.1. The summed E-state index contributed by atoms with van der Waals surface area (Å²) < 4.78 is 5.67. The fraction of sp³-hybridized carbons (Fsp3) is 0.333. The highest BCUT2D eigenvalue weighted by atomic mass is 35.5. The molecule has 0 aromatic carbocycles. The molecule has 0 radical (unpaired) electrons. The van der Waals surface area contributed by atoms with Crippen molar-refractivity contribution in [3.8, 4) is 5.75 Å². The van der Waals surface area contributed by atoms with Crippen LogP contribution in [0.5, 0.6) is 5.75 Å². The number of hydrogen-bond donors (Lipinski definition) is 1. The Morgan fingerprint density at radius 2 is 1.90 bits per heavy atom. The van der Waals surface area contributed by atoms with Crippen molar-refractivity contribution in [1.82, 2.24) is 15.3 Å². The Balaban J connectivity index is 2.37. The van der Waals surface area contributed by atoms with Crippen molar-refractivity contribution in [3.05, 3.63) is 52.0 Å². The summed E-state index contributed by atoms with van der Waals surface area (Å²) in [6, 6.07) is 3.43. The minimum atomic E-state index is -0.182. The minimum Gasteiger partial charge on any atom is -0.489 e. The molecule has 0 aliphatic carbocycles. The molecule has 0 amide bonds. The van der Waals surface area contributed by atoms with E-state index in [0.717, 1.165) is 5.56 Å². The third kappa shape index (κ3) is 4.06. The smallest absolute Gasteiger partial charge is 0.138 e. The molecule has 0 bridgehead atoms. The molecule has 1 N–H and O–H groups in total. The molecule has 4 nitrogen and oxygen atoms in total. The summed E-state index contributed by atoms with van der Waals surface area (Å²) in [5, 5.41) is 4.21. The molecular formula is C15H17Cl2N3O. The predicted octanol–water partition coefficient (Wildman–Crippen LogP) is 3.88. The second-order valence-corrected chi connectivity index (χ2v) is 5.71. The van der Waals surface area contributed by atoms with E-state index in [1.54, 1.807) is 24.7 Å². The van der Waals surface area contributed by atoms with Crippen LogP contribution in [0, 0.1) is 0 Å². The van der Waals surface area contributed by atoms with Crippen molar-refractivity contribution < 1.29 is 4.74 Å². The summed E-state index contributed by atoms with van der Waals surface area (Å²) in [5.74, 6) is 0.716. The maximum absolute atomic E-state index is 6.24. The summed E-state index contributed by atoms with van der Waals surface area (Å²) in [4.78, 5) is 8.54. The van der Waals surface area contributed by atoms with Crippen LogP contribution in [-0.4, -0.2) is 23.1 Å². The van der Waals surface area contributed by atoms with Crippen LogP contribution in [0.1, 0.15) is 31.1 Å². The van der Waals surface area contributed by atoms with E-state index in [2.05, 4.69) is 15.3 Å². The highest BCUT2D eigenvalue weighted by Gasteiger charge is 2.18. The van der Waals surface area contributed by atoms with Crippen LogP contribution in [0.3, 0.4) is 0 Å². The predicted molar refractivity (Wildman–Crippen MR) is 85.2 cm³/mol. The van der Waals surface area contributed by atoms with E-state index in [0.29, 0.717) is 21.5 Å². The normalized spacial score (nSPS) is 12.5. The monoisotopic (exact) mass is 325 g/mol. The van der Waals surface area contributed by atoms with Crippen LogP contribution in [0.4, 0.5) is 0 Å². The van der Waals surface area contributed by atoms with E-state index < -0.39 is 0 Å². The van der Waals surface area contributed by atoms with Crippen molar-refractivity contribution in [2.24, 2.45) is 0 Å². The molecule has 0 aliphatic rings. The molecule has 1 unspecified atom stereocenters. The first kappa shape index (κ1) is 16.0. The molecule has 2 aromatic rings. The number of ether oxygens (including phenoxy) is 1. The molecule has 112 valence electrons. The quantitative estimate of drug-likeness (QED) is 0.906. The zero-order chi connectivity index (χ0) is 15.4. The molecule has 0 saturated carbocycles. The second kappa shape index (κ2) is 7.07. The Morgan fingerprint density at radius 1 is 1.14 bits per heavy atom. The first-order valence-electron chi connectivity index (χ1n) is 6.61. The Morgan fingerprint density at radius 3 is 2.52 bits per heavy atom. The van der Waals surface area contributed by atoms with Crippen LogP contribution < -0.4 is 10.1 Å². The lowest BCUT2D eigenvalue weighted by Gasteiger charge is -2.18. The zero-order valence-corrected chi connectivity index (χ0v) is 13.6. The van der Waals surface area contributed by atoms with Crippen molar-refractivity contribution in [3.63, 3.8) is 0 Å². The van der Waals surface area contributed by atoms with Gasteiger partial charge >= 0.3 is 0 Å². The highest BCUT2D eigenvalue weighted by Crippen LogP contribution is 2.29. The fourth-order valence-electron chi connectivity index (χ4n) is 2.03. The maximum Gasteiger partial charge on any atom is 0.138 e. The molecule has 0 aliphatic heterocycles. The number of aromatic nitrogens is 2.